The summed E-state index contributed by atoms with van der Waals surface area (Å²) in [5, 5.41) is 0. The van der Waals surface area contributed by atoms with Gasteiger partial charge in [0.1, 0.15) is 17.4 Å². The summed E-state index contributed by atoms with van der Waals surface area (Å²) in [6, 6.07) is 12.2. The van der Waals surface area contributed by atoms with Crippen LogP contribution in [0.5, 0.6) is 5.75 Å². The van der Waals surface area contributed by atoms with Gasteiger partial charge in [0.05, 0.1) is 12.2 Å². The summed E-state index contributed by atoms with van der Waals surface area (Å²) >= 11 is 0. The molecule has 0 unspecified atom stereocenters. The molecule has 2 aromatic carbocycles. The zero-order valence-electron chi connectivity index (χ0n) is 15.4. The van der Waals surface area contributed by atoms with Crippen LogP contribution in [0.3, 0.4) is 0 Å². The molecule has 3 rings (SSSR count). The highest BCUT2D eigenvalue weighted by atomic mass is 19.1. The third-order valence-electron chi connectivity index (χ3n) is 5.11. The van der Waals surface area contributed by atoms with E-state index in [1.54, 1.807) is 0 Å². The maximum absolute atomic E-state index is 13.9. The fraction of sp³-hybridized carbons (Fsp3) is 0.333. The van der Waals surface area contributed by atoms with E-state index in [1.807, 2.05) is 30.3 Å². The Labute approximate surface area is 162 Å². The van der Waals surface area contributed by atoms with Gasteiger partial charge in [-0.1, -0.05) is 18.2 Å². The number of benzene rings is 2. The third kappa shape index (κ3) is 4.65. The van der Waals surface area contributed by atoms with E-state index in [2.05, 4.69) is 0 Å². The lowest BCUT2D eigenvalue weighted by Gasteiger charge is -2.41. The molecule has 1 heterocycles. The molecular weight excluding hydrogens is 366 g/mol. The number of primary amides is 1. The molecule has 7 heteroatoms. The van der Waals surface area contributed by atoms with Gasteiger partial charge in [-0.3, -0.25) is 9.59 Å². The zero-order valence-corrected chi connectivity index (χ0v) is 15.4. The van der Waals surface area contributed by atoms with Crippen LogP contribution in [0, 0.1) is 17.0 Å². The largest absolute Gasteiger partial charge is 0.493 e. The minimum Gasteiger partial charge on any atom is -0.493 e. The van der Waals surface area contributed by atoms with E-state index in [4.69, 9.17) is 10.5 Å². The predicted molar refractivity (Wildman–Crippen MR) is 99.7 cm³/mol. The molecular formula is C21H22F2N2O3. The second-order valence-electron chi connectivity index (χ2n) is 7.16. The average molecular weight is 388 g/mol. The van der Waals surface area contributed by atoms with Crippen LogP contribution in [0.1, 0.15) is 29.6 Å². The molecule has 1 aliphatic heterocycles. The maximum atomic E-state index is 13.9. The molecule has 0 aromatic heterocycles. The van der Waals surface area contributed by atoms with E-state index in [0.29, 0.717) is 44.4 Å². The Kier molecular flexibility index (Phi) is 5.92. The lowest BCUT2D eigenvalue weighted by molar-refractivity contribution is -0.121. The first kappa shape index (κ1) is 19.8. The van der Waals surface area contributed by atoms with Crippen molar-refractivity contribution in [2.45, 2.75) is 19.3 Å². The zero-order chi connectivity index (χ0) is 20.1. The van der Waals surface area contributed by atoms with Crippen molar-refractivity contribution in [1.29, 1.82) is 0 Å². The topological polar surface area (TPSA) is 72.6 Å². The smallest absolute Gasteiger partial charge is 0.256 e. The second kappa shape index (κ2) is 8.37. The Hall–Kier alpha value is -2.96. The molecule has 28 heavy (non-hydrogen) atoms. The van der Waals surface area contributed by atoms with Crippen molar-refractivity contribution in [1.82, 2.24) is 4.90 Å². The van der Waals surface area contributed by atoms with E-state index in [1.165, 1.54) is 4.90 Å². The SMILES string of the molecule is NC(=O)CC1(COc2ccccc2)CCN(C(=O)c2ccc(F)cc2F)CC1. The van der Waals surface area contributed by atoms with Gasteiger partial charge in [-0.05, 0) is 37.1 Å². The van der Waals surface area contributed by atoms with Crippen molar-refractivity contribution in [3.63, 3.8) is 0 Å². The van der Waals surface area contributed by atoms with Crippen molar-refractivity contribution in [2.75, 3.05) is 19.7 Å². The third-order valence-corrected chi connectivity index (χ3v) is 5.11. The summed E-state index contributed by atoms with van der Waals surface area (Å²) in [5.74, 6) is -1.84. The van der Waals surface area contributed by atoms with Crippen LogP contribution in [0.25, 0.3) is 0 Å². The lowest BCUT2D eigenvalue weighted by Crippen LogP contribution is -2.47. The van der Waals surface area contributed by atoms with Gasteiger partial charge in [-0.25, -0.2) is 8.78 Å². The predicted octanol–water partition coefficient (Wildman–Crippen LogP) is 3.14. The number of hydrogen-bond donors (Lipinski definition) is 1. The molecule has 0 spiro atoms. The van der Waals surface area contributed by atoms with Gasteiger partial charge < -0.3 is 15.4 Å². The number of piperidine rings is 1. The van der Waals surface area contributed by atoms with Crippen molar-refractivity contribution in [2.24, 2.45) is 11.1 Å². The first-order valence-electron chi connectivity index (χ1n) is 9.09. The number of halogens is 2. The molecule has 5 nitrogen and oxygen atoms in total. The van der Waals surface area contributed by atoms with Crippen molar-refractivity contribution >= 4 is 11.8 Å². The molecule has 0 bridgehead atoms. The molecule has 2 amide bonds. The van der Waals surface area contributed by atoms with E-state index in [0.717, 1.165) is 12.1 Å². The van der Waals surface area contributed by atoms with Crippen molar-refractivity contribution < 1.29 is 23.1 Å². The Morgan fingerprint density at radius 1 is 1.07 bits per heavy atom. The summed E-state index contributed by atoms with van der Waals surface area (Å²) in [6.07, 6.45) is 1.14. The normalized spacial score (nSPS) is 15.9. The average Bonchev–Trinajstić information content (AvgIpc) is 2.67. The number of para-hydroxylation sites is 1. The maximum Gasteiger partial charge on any atom is 0.256 e. The van der Waals surface area contributed by atoms with Crippen LogP contribution in [-0.2, 0) is 4.79 Å². The summed E-state index contributed by atoms with van der Waals surface area (Å²) in [5.41, 5.74) is 4.79. The number of ether oxygens (including phenoxy) is 1. The van der Waals surface area contributed by atoms with Gasteiger partial charge in [0, 0.05) is 31.0 Å². The number of likely N-dealkylation sites (tertiary alicyclic amines) is 1. The molecule has 0 radical (unpaired) electrons. The molecule has 1 saturated heterocycles. The Morgan fingerprint density at radius 3 is 2.36 bits per heavy atom. The number of hydrogen-bond acceptors (Lipinski definition) is 3. The van der Waals surface area contributed by atoms with Crippen LogP contribution >= 0.6 is 0 Å². The van der Waals surface area contributed by atoms with E-state index in [-0.39, 0.29) is 12.0 Å². The monoisotopic (exact) mass is 388 g/mol. The molecule has 148 valence electrons. The number of rotatable bonds is 6. The number of nitrogens with two attached hydrogens (primary N) is 1. The van der Waals surface area contributed by atoms with E-state index in [9.17, 15) is 18.4 Å². The van der Waals surface area contributed by atoms with Crippen LogP contribution in [-0.4, -0.2) is 36.4 Å². The van der Waals surface area contributed by atoms with Gasteiger partial charge in [-0.15, -0.1) is 0 Å². The van der Waals surface area contributed by atoms with E-state index >= 15 is 0 Å². The van der Waals surface area contributed by atoms with Crippen molar-refractivity contribution in [3.8, 4) is 5.75 Å². The van der Waals surface area contributed by atoms with Crippen LogP contribution < -0.4 is 10.5 Å². The highest BCUT2D eigenvalue weighted by molar-refractivity contribution is 5.94. The number of carbonyl (C=O) groups excluding carboxylic acids is 2. The molecule has 0 atom stereocenters. The minimum absolute atomic E-state index is 0.146. The molecule has 1 fully saturated rings. The highest BCUT2D eigenvalue weighted by Gasteiger charge is 2.38. The van der Waals surface area contributed by atoms with Crippen LogP contribution in [0.4, 0.5) is 8.78 Å². The summed E-state index contributed by atoms with van der Waals surface area (Å²) in [6.45, 7) is 0.967. The summed E-state index contributed by atoms with van der Waals surface area (Å²) < 4.78 is 32.8. The van der Waals surface area contributed by atoms with E-state index < -0.39 is 28.9 Å². The Morgan fingerprint density at radius 2 is 1.75 bits per heavy atom. The van der Waals surface area contributed by atoms with Crippen LogP contribution in [0.2, 0.25) is 0 Å². The Bertz CT molecular complexity index is 850. The molecule has 2 aromatic rings. The second-order valence-corrected chi connectivity index (χ2v) is 7.16. The first-order chi connectivity index (χ1) is 13.4. The first-order valence-corrected chi connectivity index (χ1v) is 9.09. The lowest BCUT2D eigenvalue weighted by atomic mass is 9.76. The van der Waals surface area contributed by atoms with Gasteiger partial charge in [0.15, 0.2) is 0 Å². The van der Waals surface area contributed by atoms with Gasteiger partial charge >= 0.3 is 0 Å². The Balaban J connectivity index is 1.68. The summed E-state index contributed by atoms with van der Waals surface area (Å²) in [4.78, 5) is 25.7. The van der Waals surface area contributed by atoms with Gasteiger partial charge in [0.25, 0.3) is 5.91 Å². The quantitative estimate of drug-likeness (QED) is 0.826. The number of amides is 2. The molecule has 1 aliphatic rings. The molecule has 0 aliphatic carbocycles. The van der Waals surface area contributed by atoms with Gasteiger partial charge in [-0.2, -0.15) is 0 Å². The highest BCUT2D eigenvalue weighted by Crippen LogP contribution is 2.36. The number of nitrogens with zero attached hydrogens (tertiary/aromatic N) is 1. The standard InChI is InChI=1S/C21H22F2N2O3/c22-15-6-7-17(18(23)12-15)20(27)25-10-8-21(9-11-25,13-19(24)26)14-28-16-4-2-1-3-5-16/h1-7,12H,8-11,13-14H2,(H2,24,26). The van der Waals surface area contributed by atoms with Crippen molar-refractivity contribution in [3.05, 3.63) is 65.7 Å². The minimum atomic E-state index is -0.883. The fourth-order valence-corrected chi connectivity index (χ4v) is 3.51. The molecule has 2 N–H and O–H groups in total. The van der Waals surface area contributed by atoms with Crippen LogP contribution in [0.15, 0.2) is 48.5 Å². The summed E-state index contributed by atoms with van der Waals surface area (Å²) in [7, 11) is 0. The number of carbonyl (C=O) groups is 2. The fourth-order valence-electron chi connectivity index (χ4n) is 3.51. The van der Waals surface area contributed by atoms with Gasteiger partial charge in [0.2, 0.25) is 5.91 Å². The molecule has 0 saturated carbocycles.